The van der Waals surface area contributed by atoms with Gasteiger partial charge in [0.2, 0.25) is 0 Å². The molecule has 0 unspecified atom stereocenters. The molecule has 0 bridgehead atoms. The van der Waals surface area contributed by atoms with Gasteiger partial charge in [0, 0.05) is 62.2 Å². The third-order valence-corrected chi connectivity index (χ3v) is 0. The molecule has 0 spiro atoms. The first-order valence-corrected chi connectivity index (χ1v) is 0. The fourth-order valence-corrected chi connectivity index (χ4v) is 0. The molecule has 0 aliphatic carbocycles. The SMILES string of the molecule is O.O.O.O.O.[U].[U]. The van der Waals surface area contributed by atoms with Crippen LogP contribution >= 0.6 is 0 Å². The van der Waals surface area contributed by atoms with Crippen LogP contribution in [0.2, 0.25) is 0 Å². The molecule has 0 aromatic rings. The third kappa shape index (κ3) is 76.0. The molecule has 0 aliphatic heterocycles. The summed E-state index contributed by atoms with van der Waals surface area (Å²) in [6, 6.07) is 0. The van der Waals surface area contributed by atoms with Crippen molar-refractivity contribution in [1.29, 1.82) is 0 Å². The molecule has 0 atom stereocenters. The maximum atomic E-state index is 0. The van der Waals surface area contributed by atoms with Gasteiger partial charge in [0.25, 0.3) is 0 Å². The van der Waals surface area contributed by atoms with Gasteiger partial charge < -0.3 is 27.4 Å². The fraction of sp³-hybridized carbons (Fsp3) is 0. The fourth-order valence-electron chi connectivity index (χ4n) is 0. The first kappa shape index (κ1) is 153. The van der Waals surface area contributed by atoms with Crippen molar-refractivity contribution >= 4 is 0 Å². The number of hydrogen-bond donors (Lipinski definition) is 0. The van der Waals surface area contributed by atoms with Crippen molar-refractivity contribution in [1.82, 2.24) is 0 Å². The van der Waals surface area contributed by atoms with Crippen LogP contribution in [-0.2, 0) is 0 Å². The van der Waals surface area contributed by atoms with Crippen LogP contribution in [0.15, 0.2) is 0 Å². The van der Waals surface area contributed by atoms with Gasteiger partial charge in [0.15, 0.2) is 0 Å². The van der Waals surface area contributed by atoms with Crippen LogP contribution in [0.5, 0.6) is 0 Å². The Kier molecular flexibility index (Phi) is 2280. The van der Waals surface area contributed by atoms with Crippen LogP contribution in [0.25, 0.3) is 0 Å². The summed E-state index contributed by atoms with van der Waals surface area (Å²) in [6.07, 6.45) is 0. The number of hydrogen-bond acceptors (Lipinski definition) is 0. The Morgan fingerprint density at radius 2 is 0.286 bits per heavy atom. The second-order valence-electron chi connectivity index (χ2n) is 0. The van der Waals surface area contributed by atoms with E-state index in [-0.39, 0.29) is 89.6 Å². The van der Waals surface area contributed by atoms with Crippen molar-refractivity contribution in [2.75, 3.05) is 0 Å². The molecule has 0 saturated carbocycles. The van der Waals surface area contributed by atoms with Crippen molar-refractivity contribution in [2.24, 2.45) is 0 Å². The zero-order valence-electron chi connectivity index (χ0n) is 3.50. The van der Waals surface area contributed by atoms with Crippen molar-refractivity contribution in [3.8, 4) is 0 Å². The van der Waals surface area contributed by atoms with Crippen LogP contribution in [-0.4, -0.2) is 27.4 Å². The van der Waals surface area contributed by atoms with Gasteiger partial charge in [0.1, 0.15) is 0 Å². The average Bonchev–Trinajstić information content (AvgIpc) is 0. The summed E-state index contributed by atoms with van der Waals surface area (Å²) < 4.78 is 0. The molecule has 0 heterocycles. The number of rotatable bonds is 0. The monoisotopic (exact) mass is 566 g/mol. The molecular weight excluding hydrogens is 556 g/mol. The maximum absolute atomic E-state index is 0. The Balaban J connectivity index is 0. The molecular formula is H10O5U2. The molecule has 48 valence electrons. The van der Waals surface area contributed by atoms with E-state index in [0.717, 1.165) is 0 Å². The second kappa shape index (κ2) is 104. The van der Waals surface area contributed by atoms with E-state index in [2.05, 4.69) is 0 Å². The molecule has 5 nitrogen and oxygen atoms in total. The molecule has 7 heavy (non-hydrogen) atoms. The quantitative estimate of drug-likeness (QED) is 0.280. The molecule has 0 rings (SSSR count). The van der Waals surface area contributed by atoms with Crippen LogP contribution in [0.1, 0.15) is 0 Å². The predicted molar refractivity (Wildman–Crippen MR) is 18.1 cm³/mol. The van der Waals surface area contributed by atoms with Crippen molar-refractivity contribution in [3.63, 3.8) is 0 Å². The summed E-state index contributed by atoms with van der Waals surface area (Å²) in [5.74, 6) is 0. The first-order valence-electron chi connectivity index (χ1n) is 0. The molecule has 0 aromatic carbocycles. The van der Waals surface area contributed by atoms with E-state index in [1.807, 2.05) is 0 Å². The summed E-state index contributed by atoms with van der Waals surface area (Å²) >= 11 is 0. The van der Waals surface area contributed by atoms with Crippen LogP contribution in [0.3, 0.4) is 0 Å². The molecule has 0 aromatic heterocycles. The van der Waals surface area contributed by atoms with E-state index >= 15 is 0 Å². The van der Waals surface area contributed by atoms with E-state index in [4.69, 9.17) is 0 Å². The van der Waals surface area contributed by atoms with E-state index in [0.29, 0.717) is 0 Å². The molecule has 0 saturated heterocycles. The van der Waals surface area contributed by atoms with E-state index < -0.39 is 0 Å². The van der Waals surface area contributed by atoms with Gasteiger partial charge in [-0.05, 0) is 0 Å². The first-order chi connectivity index (χ1) is 0. The largest absolute Gasteiger partial charge is 0.412 e. The molecule has 7 heteroatoms. The summed E-state index contributed by atoms with van der Waals surface area (Å²) in [6.45, 7) is 0. The molecule has 0 fully saturated rings. The van der Waals surface area contributed by atoms with E-state index in [1.165, 1.54) is 0 Å². The van der Waals surface area contributed by atoms with E-state index in [9.17, 15) is 0 Å². The zero-order chi connectivity index (χ0) is 0. The van der Waals surface area contributed by atoms with Crippen LogP contribution in [0.4, 0.5) is 0 Å². The second-order valence-corrected chi connectivity index (χ2v) is 0. The Morgan fingerprint density at radius 3 is 0.286 bits per heavy atom. The van der Waals surface area contributed by atoms with Gasteiger partial charge >= 0.3 is 0 Å². The van der Waals surface area contributed by atoms with E-state index in [1.54, 1.807) is 0 Å². The Bertz CT molecular complexity index is 6.04. The summed E-state index contributed by atoms with van der Waals surface area (Å²) in [5.41, 5.74) is 0. The summed E-state index contributed by atoms with van der Waals surface area (Å²) in [7, 11) is 0. The molecule has 0 amide bonds. The average molecular weight is 566 g/mol. The third-order valence-electron chi connectivity index (χ3n) is 0. The van der Waals surface area contributed by atoms with Gasteiger partial charge in [0.05, 0.1) is 0 Å². The topological polar surface area (TPSA) is 158 Å². The zero-order valence-corrected chi connectivity index (χ0v) is 11.8. The normalized spacial score (nSPS) is 0. The predicted octanol–water partition coefficient (Wildman–Crippen LogP) is -4.12. The smallest absolute Gasteiger partial charge is 0 e. The van der Waals surface area contributed by atoms with Crippen LogP contribution < -0.4 is 0 Å². The Hall–Kier alpha value is 1.90. The molecule has 0 aliphatic rings. The molecule has 0 radical (unpaired) electrons. The molecule has 10 N–H and O–H groups in total. The van der Waals surface area contributed by atoms with Crippen molar-refractivity contribution < 1.29 is 89.6 Å². The van der Waals surface area contributed by atoms with Crippen LogP contribution in [0, 0.1) is 62.2 Å². The summed E-state index contributed by atoms with van der Waals surface area (Å²) in [4.78, 5) is 0. The Labute approximate surface area is 88.5 Å². The van der Waals surface area contributed by atoms with Crippen molar-refractivity contribution in [2.45, 2.75) is 0 Å². The Morgan fingerprint density at radius 1 is 0.286 bits per heavy atom. The van der Waals surface area contributed by atoms with Gasteiger partial charge in [-0.3, -0.25) is 0 Å². The minimum Gasteiger partial charge on any atom is -0.412 e. The van der Waals surface area contributed by atoms with Gasteiger partial charge in [-0.2, -0.15) is 0 Å². The van der Waals surface area contributed by atoms with Gasteiger partial charge in [-0.1, -0.05) is 0 Å². The maximum Gasteiger partial charge on any atom is 0 e. The van der Waals surface area contributed by atoms with Crippen molar-refractivity contribution in [3.05, 3.63) is 0 Å². The minimum absolute atomic E-state index is 0. The van der Waals surface area contributed by atoms with Gasteiger partial charge in [-0.25, -0.2) is 0 Å². The standard InChI is InChI=1S/5H2O.2U/h5*1H2;;. The summed E-state index contributed by atoms with van der Waals surface area (Å²) in [5, 5.41) is 0. The van der Waals surface area contributed by atoms with Gasteiger partial charge in [-0.15, -0.1) is 0 Å². The minimum atomic E-state index is 0.